The first-order valence-corrected chi connectivity index (χ1v) is 9.96. The molecule has 0 unspecified atom stereocenters. The molecule has 0 bridgehead atoms. The molecule has 1 aromatic rings. The lowest BCUT2D eigenvalue weighted by Crippen LogP contribution is -2.54. The molecule has 1 fully saturated rings. The van der Waals surface area contributed by atoms with Crippen LogP contribution in [0.25, 0.3) is 0 Å². The van der Waals surface area contributed by atoms with Gasteiger partial charge in [0.1, 0.15) is 0 Å². The molecule has 0 atom stereocenters. The average Bonchev–Trinajstić information content (AvgIpc) is 2.61. The van der Waals surface area contributed by atoms with Crippen molar-refractivity contribution < 1.29 is 9.59 Å². The Hall–Kier alpha value is -2.08. The molecule has 6 nitrogen and oxygen atoms in total. The molecule has 3 rings (SSSR count). The predicted octanol–water partition coefficient (Wildman–Crippen LogP) is 1.50. The maximum absolute atomic E-state index is 12.8. The maximum atomic E-state index is 12.8. The second-order valence-corrected chi connectivity index (χ2v) is 8.61. The van der Waals surface area contributed by atoms with Crippen LogP contribution in [0.5, 0.6) is 0 Å². The van der Waals surface area contributed by atoms with Gasteiger partial charge in [0.25, 0.3) is 0 Å². The summed E-state index contributed by atoms with van der Waals surface area (Å²) in [7, 11) is 0. The number of piperazine rings is 1. The standard InChI is InChI=1S/C21H32N4O2/c1-21(2,3)22-19(26)15-23-11-13-24(14-12-23)20(27)16-25-10-6-8-17-7-4-5-9-18(17)25/h4-5,7,9H,6,8,10-16H2,1-3H3,(H,22,26). The van der Waals surface area contributed by atoms with Gasteiger partial charge in [-0.25, -0.2) is 0 Å². The minimum Gasteiger partial charge on any atom is -0.362 e. The Morgan fingerprint density at radius 2 is 1.70 bits per heavy atom. The highest BCUT2D eigenvalue weighted by atomic mass is 16.2. The summed E-state index contributed by atoms with van der Waals surface area (Å²) in [4.78, 5) is 31.1. The van der Waals surface area contributed by atoms with Crippen LogP contribution in [0.4, 0.5) is 5.69 Å². The molecule has 2 aliphatic heterocycles. The Balaban J connectivity index is 1.47. The second kappa shape index (κ2) is 8.30. The number of nitrogens with zero attached hydrogens (tertiary/aromatic N) is 3. The molecule has 27 heavy (non-hydrogen) atoms. The third-order valence-electron chi connectivity index (χ3n) is 5.14. The normalized spacial score (nSPS) is 18.2. The Kier molecular flexibility index (Phi) is 6.05. The number of hydrogen-bond donors (Lipinski definition) is 1. The molecule has 0 saturated carbocycles. The van der Waals surface area contributed by atoms with Gasteiger partial charge in [0.05, 0.1) is 13.1 Å². The van der Waals surface area contributed by atoms with Gasteiger partial charge in [0.15, 0.2) is 0 Å². The number of carbonyl (C=O) groups is 2. The molecule has 2 amide bonds. The van der Waals surface area contributed by atoms with E-state index in [0.717, 1.165) is 32.5 Å². The predicted molar refractivity (Wildman–Crippen MR) is 108 cm³/mol. The molecular formula is C21H32N4O2. The van der Waals surface area contributed by atoms with E-state index in [1.807, 2.05) is 31.7 Å². The topological polar surface area (TPSA) is 55.9 Å². The molecular weight excluding hydrogens is 340 g/mol. The first-order chi connectivity index (χ1) is 12.8. The van der Waals surface area contributed by atoms with E-state index in [0.29, 0.717) is 26.2 Å². The van der Waals surface area contributed by atoms with Crippen LogP contribution in [0, 0.1) is 0 Å². The molecule has 6 heteroatoms. The number of anilines is 1. The Morgan fingerprint density at radius 3 is 2.41 bits per heavy atom. The van der Waals surface area contributed by atoms with Crippen LogP contribution in [0.15, 0.2) is 24.3 Å². The Bertz CT molecular complexity index is 675. The lowest BCUT2D eigenvalue weighted by molar-refractivity contribution is -0.131. The van der Waals surface area contributed by atoms with E-state index in [1.54, 1.807) is 0 Å². The third kappa shape index (κ3) is 5.45. The molecule has 0 aromatic heterocycles. The second-order valence-electron chi connectivity index (χ2n) is 8.61. The lowest BCUT2D eigenvalue weighted by atomic mass is 10.0. The van der Waals surface area contributed by atoms with Crippen molar-refractivity contribution in [3.8, 4) is 0 Å². The number of aryl methyl sites for hydroxylation is 1. The zero-order valence-corrected chi connectivity index (χ0v) is 16.8. The van der Waals surface area contributed by atoms with E-state index in [9.17, 15) is 9.59 Å². The van der Waals surface area contributed by atoms with Crippen molar-refractivity contribution in [3.05, 3.63) is 29.8 Å². The van der Waals surface area contributed by atoms with Gasteiger partial charge in [-0.05, 0) is 45.2 Å². The fourth-order valence-corrected chi connectivity index (χ4v) is 3.86. The monoisotopic (exact) mass is 372 g/mol. The smallest absolute Gasteiger partial charge is 0.242 e. The van der Waals surface area contributed by atoms with E-state index < -0.39 is 0 Å². The molecule has 1 N–H and O–H groups in total. The minimum atomic E-state index is -0.209. The van der Waals surface area contributed by atoms with Crippen molar-refractivity contribution in [3.63, 3.8) is 0 Å². The summed E-state index contributed by atoms with van der Waals surface area (Å²) in [6.07, 6.45) is 2.19. The molecule has 1 aromatic carbocycles. The van der Waals surface area contributed by atoms with Gasteiger partial charge < -0.3 is 15.1 Å². The minimum absolute atomic E-state index is 0.0483. The Labute approximate surface area is 162 Å². The van der Waals surface area contributed by atoms with E-state index >= 15 is 0 Å². The van der Waals surface area contributed by atoms with Crippen LogP contribution in [0.2, 0.25) is 0 Å². The van der Waals surface area contributed by atoms with Gasteiger partial charge in [-0.1, -0.05) is 18.2 Å². The fourth-order valence-electron chi connectivity index (χ4n) is 3.86. The van der Waals surface area contributed by atoms with Gasteiger partial charge in [0, 0.05) is 44.0 Å². The van der Waals surface area contributed by atoms with Crippen molar-refractivity contribution in [1.29, 1.82) is 0 Å². The van der Waals surface area contributed by atoms with Crippen molar-refractivity contribution in [2.24, 2.45) is 0 Å². The molecule has 1 saturated heterocycles. The number of fused-ring (bicyclic) bond motifs is 1. The highest BCUT2D eigenvalue weighted by Crippen LogP contribution is 2.26. The van der Waals surface area contributed by atoms with Gasteiger partial charge in [-0.3, -0.25) is 14.5 Å². The van der Waals surface area contributed by atoms with Gasteiger partial charge in [-0.15, -0.1) is 0 Å². The van der Waals surface area contributed by atoms with Crippen LogP contribution < -0.4 is 10.2 Å². The zero-order valence-electron chi connectivity index (χ0n) is 16.8. The van der Waals surface area contributed by atoms with Crippen molar-refractivity contribution >= 4 is 17.5 Å². The largest absolute Gasteiger partial charge is 0.362 e. The van der Waals surface area contributed by atoms with Crippen molar-refractivity contribution in [2.45, 2.75) is 39.2 Å². The molecule has 0 spiro atoms. The number of amides is 2. The first kappa shape index (κ1) is 19.7. The van der Waals surface area contributed by atoms with E-state index in [4.69, 9.17) is 0 Å². The van der Waals surface area contributed by atoms with Crippen LogP contribution >= 0.6 is 0 Å². The van der Waals surface area contributed by atoms with E-state index in [-0.39, 0.29) is 17.4 Å². The summed E-state index contributed by atoms with van der Waals surface area (Å²) in [6, 6.07) is 8.39. The summed E-state index contributed by atoms with van der Waals surface area (Å²) in [5.74, 6) is 0.234. The number of benzene rings is 1. The first-order valence-electron chi connectivity index (χ1n) is 9.96. The molecule has 0 radical (unpaired) electrons. The highest BCUT2D eigenvalue weighted by Gasteiger charge is 2.26. The maximum Gasteiger partial charge on any atom is 0.242 e. The van der Waals surface area contributed by atoms with E-state index in [1.165, 1.54) is 11.3 Å². The average molecular weight is 373 g/mol. The third-order valence-corrected chi connectivity index (χ3v) is 5.14. The number of rotatable bonds is 4. The number of para-hydroxylation sites is 1. The van der Waals surface area contributed by atoms with Gasteiger partial charge in [0.2, 0.25) is 11.8 Å². The van der Waals surface area contributed by atoms with Crippen LogP contribution in [0.3, 0.4) is 0 Å². The summed E-state index contributed by atoms with van der Waals surface area (Å²) < 4.78 is 0. The zero-order chi connectivity index (χ0) is 19.4. The molecule has 2 heterocycles. The lowest BCUT2D eigenvalue weighted by Gasteiger charge is -2.37. The van der Waals surface area contributed by atoms with Crippen molar-refractivity contribution in [2.75, 3.05) is 50.7 Å². The number of nitrogens with one attached hydrogen (secondary N) is 1. The van der Waals surface area contributed by atoms with Crippen LogP contribution in [-0.2, 0) is 16.0 Å². The van der Waals surface area contributed by atoms with Gasteiger partial charge >= 0.3 is 0 Å². The van der Waals surface area contributed by atoms with Crippen molar-refractivity contribution in [1.82, 2.24) is 15.1 Å². The van der Waals surface area contributed by atoms with Crippen LogP contribution in [-0.4, -0.2) is 73.0 Å². The SMILES string of the molecule is CC(C)(C)NC(=O)CN1CCN(C(=O)CN2CCCc3ccccc32)CC1. The number of hydrogen-bond acceptors (Lipinski definition) is 4. The fraction of sp³-hybridized carbons (Fsp3) is 0.619. The number of carbonyl (C=O) groups excluding carboxylic acids is 2. The van der Waals surface area contributed by atoms with Crippen LogP contribution in [0.1, 0.15) is 32.8 Å². The summed E-state index contributed by atoms with van der Waals surface area (Å²) in [5, 5.41) is 3.00. The van der Waals surface area contributed by atoms with Gasteiger partial charge in [-0.2, -0.15) is 0 Å². The highest BCUT2D eigenvalue weighted by molar-refractivity contribution is 5.82. The summed E-state index contributed by atoms with van der Waals surface area (Å²) >= 11 is 0. The molecule has 148 valence electrons. The quantitative estimate of drug-likeness (QED) is 0.870. The summed E-state index contributed by atoms with van der Waals surface area (Å²) in [5.41, 5.74) is 2.33. The molecule has 2 aliphatic rings. The van der Waals surface area contributed by atoms with E-state index in [2.05, 4.69) is 33.3 Å². The molecule has 0 aliphatic carbocycles. The Morgan fingerprint density at radius 1 is 1.00 bits per heavy atom. The summed E-state index contributed by atoms with van der Waals surface area (Å²) in [6.45, 7) is 10.6.